The van der Waals surface area contributed by atoms with Gasteiger partial charge in [-0.1, -0.05) is 0 Å². The fraction of sp³-hybridized carbons (Fsp3) is 0. The Morgan fingerprint density at radius 1 is 0.667 bits per heavy atom. The Morgan fingerprint density at radius 2 is 1.00 bits per heavy atom. The predicted octanol–water partition coefficient (Wildman–Crippen LogP) is 2.16. The summed E-state index contributed by atoms with van der Waals surface area (Å²) in [5, 5.41) is 19.0. The van der Waals surface area contributed by atoms with Gasteiger partial charge in [-0.05, 0) is 0 Å². The van der Waals surface area contributed by atoms with Crippen LogP contribution in [0.3, 0.4) is 0 Å². The number of ether oxygens (including phenoxy) is 2. The lowest BCUT2D eigenvalue weighted by molar-refractivity contribution is 0.353. The van der Waals surface area contributed by atoms with Gasteiger partial charge < -0.3 is 31.2 Å². The van der Waals surface area contributed by atoms with Crippen LogP contribution in [0, 0.1) is 0 Å². The Hall–Kier alpha value is -2.76. The molecule has 0 unspecified atom stereocenters. The molecule has 0 amide bonds. The number of benzene rings is 2. The van der Waals surface area contributed by atoms with Crippen molar-refractivity contribution in [2.75, 3.05) is 11.5 Å². The standard InChI is InChI=1S/C12H10N2O4/c13-5-1-9-11(3-7(5)15)18-12-4-8(16)6(14)2-10(12)17-9/h1-4,15-16H,13-14H2. The molecule has 2 aromatic rings. The van der Waals surface area contributed by atoms with Gasteiger partial charge in [0.15, 0.2) is 23.0 Å². The van der Waals surface area contributed by atoms with Crippen LogP contribution >= 0.6 is 0 Å². The largest absolute Gasteiger partial charge is 0.506 e. The molecule has 92 valence electrons. The maximum atomic E-state index is 9.49. The summed E-state index contributed by atoms with van der Waals surface area (Å²) in [4.78, 5) is 0. The van der Waals surface area contributed by atoms with Crippen molar-refractivity contribution < 1.29 is 19.7 Å². The number of fused-ring (bicyclic) bond motifs is 2. The van der Waals surface area contributed by atoms with Crippen molar-refractivity contribution in [1.29, 1.82) is 0 Å². The van der Waals surface area contributed by atoms with Crippen molar-refractivity contribution in [2.45, 2.75) is 0 Å². The highest BCUT2D eigenvalue weighted by Gasteiger charge is 2.22. The second-order valence-corrected chi connectivity index (χ2v) is 3.92. The third-order valence-corrected chi connectivity index (χ3v) is 2.63. The van der Waals surface area contributed by atoms with E-state index >= 15 is 0 Å². The smallest absolute Gasteiger partial charge is 0.174 e. The number of anilines is 2. The molecular weight excluding hydrogens is 236 g/mol. The van der Waals surface area contributed by atoms with Crippen LogP contribution in [0.5, 0.6) is 34.5 Å². The fourth-order valence-corrected chi connectivity index (χ4v) is 1.69. The summed E-state index contributed by atoms with van der Waals surface area (Å²) >= 11 is 0. The summed E-state index contributed by atoms with van der Waals surface area (Å²) in [6, 6.07) is 5.61. The number of nitrogen functional groups attached to an aromatic ring is 2. The van der Waals surface area contributed by atoms with Gasteiger partial charge in [0.05, 0.1) is 11.4 Å². The van der Waals surface area contributed by atoms with Crippen molar-refractivity contribution >= 4 is 11.4 Å². The first-order chi connectivity index (χ1) is 8.54. The first-order valence-corrected chi connectivity index (χ1v) is 5.15. The van der Waals surface area contributed by atoms with E-state index in [0.717, 1.165) is 0 Å². The van der Waals surface area contributed by atoms with Crippen LogP contribution in [0.2, 0.25) is 0 Å². The van der Waals surface area contributed by atoms with Crippen LogP contribution in [-0.4, -0.2) is 10.2 Å². The highest BCUT2D eigenvalue weighted by Crippen LogP contribution is 2.50. The molecule has 6 heteroatoms. The topological polar surface area (TPSA) is 111 Å². The number of hydrogen-bond acceptors (Lipinski definition) is 6. The third kappa shape index (κ3) is 1.43. The summed E-state index contributed by atoms with van der Waals surface area (Å²) in [6.07, 6.45) is 0. The zero-order valence-electron chi connectivity index (χ0n) is 9.18. The summed E-state index contributed by atoms with van der Waals surface area (Å²) in [7, 11) is 0. The molecule has 6 N–H and O–H groups in total. The second-order valence-electron chi connectivity index (χ2n) is 3.92. The SMILES string of the molecule is Nc1cc2c(cc1O)Oc1cc(O)c(N)cc1O2. The van der Waals surface area contributed by atoms with Gasteiger partial charge in [0.2, 0.25) is 0 Å². The number of nitrogens with two attached hydrogens (primary N) is 2. The zero-order chi connectivity index (χ0) is 12.9. The Kier molecular flexibility index (Phi) is 1.94. The minimum atomic E-state index is -0.0968. The first kappa shape index (κ1) is 10.4. The van der Waals surface area contributed by atoms with Crippen molar-refractivity contribution in [2.24, 2.45) is 0 Å². The van der Waals surface area contributed by atoms with E-state index in [0.29, 0.717) is 23.0 Å². The maximum absolute atomic E-state index is 9.49. The molecule has 1 heterocycles. The Labute approximate surface area is 102 Å². The molecule has 0 aromatic heterocycles. The lowest BCUT2D eigenvalue weighted by atomic mass is 10.2. The molecule has 6 nitrogen and oxygen atoms in total. The van der Waals surface area contributed by atoms with Crippen LogP contribution in [0.15, 0.2) is 24.3 Å². The average Bonchev–Trinajstić information content (AvgIpc) is 2.31. The average molecular weight is 246 g/mol. The number of hydrogen-bond donors (Lipinski definition) is 4. The monoisotopic (exact) mass is 246 g/mol. The molecule has 18 heavy (non-hydrogen) atoms. The van der Waals surface area contributed by atoms with E-state index in [1.807, 2.05) is 0 Å². The molecule has 1 aliphatic heterocycles. The van der Waals surface area contributed by atoms with Gasteiger partial charge in [0.1, 0.15) is 11.5 Å². The van der Waals surface area contributed by atoms with Gasteiger partial charge in [-0.2, -0.15) is 0 Å². The molecule has 0 atom stereocenters. The molecule has 0 radical (unpaired) electrons. The molecular formula is C12H10N2O4. The number of aromatic hydroxyl groups is 2. The summed E-state index contributed by atoms with van der Waals surface area (Å²) in [5.41, 5.74) is 11.5. The lowest BCUT2D eigenvalue weighted by Crippen LogP contribution is -2.01. The van der Waals surface area contributed by atoms with E-state index in [1.165, 1.54) is 24.3 Å². The highest BCUT2D eigenvalue weighted by atomic mass is 16.6. The van der Waals surface area contributed by atoms with Crippen molar-refractivity contribution in [3.8, 4) is 34.5 Å². The highest BCUT2D eigenvalue weighted by molar-refractivity contribution is 5.68. The van der Waals surface area contributed by atoms with E-state index in [1.54, 1.807) is 0 Å². The van der Waals surface area contributed by atoms with Crippen molar-refractivity contribution in [1.82, 2.24) is 0 Å². The number of rotatable bonds is 0. The summed E-state index contributed by atoms with van der Waals surface area (Å²) < 4.78 is 11.0. The van der Waals surface area contributed by atoms with Gasteiger partial charge in [-0.25, -0.2) is 0 Å². The quantitative estimate of drug-likeness (QED) is 0.357. The molecule has 3 rings (SSSR count). The zero-order valence-corrected chi connectivity index (χ0v) is 9.18. The van der Waals surface area contributed by atoms with Crippen molar-refractivity contribution in [3.63, 3.8) is 0 Å². The normalized spacial score (nSPS) is 12.0. The minimum absolute atomic E-state index is 0.0968. The van der Waals surface area contributed by atoms with Crippen LogP contribution in [0.1, 0.15) is 0 Å². The number of phenolic OH excluding ortho intramolecular Hbond substituents is 2. The van der Waals surface area contributed by atoms with Gasteiger partial charge in [0, 0.05) is 24.3 Å². The van der Waals surface area contributed by atoms with E-state index in [4.69, 9.17) is 20.9 Å². The van der Waals surface area contributed by atoms with E-state index in [2.05, 4.69) is 0 Å². The lowest BCUT2D eigenvalue weighted by Gasteiger charge is -2.21. The number of phenols is 2. The predicted molar refractivity (Wildman–Crippen MR) is 65.2 cm³/mol. The van der Waals surface area contributed by atoms with E-state index < -0.39 is 0 Å². The summed E-state index contributed by atoms with van der Waals surface area (Å²) in [5.74, 6) is 1.20. The van der Waals surface area contributed by atoms with Crippen molar-refractivity contribution in [3.05, 3.63) is 24.3 Å². The van der Waals surface area contributed by atoms with Gasteiger partial charge in [-0.3, -0.25) is 0 Å². The molecule has 0 saturated heterocycles. The molecule has 0 saturated carbocycles. The van der Waals surface area contributed by atoms with Gasteiger partial charge >= 0.3 is 0 Å². The Bertz CT molecular complexity index is 544. The Morgan fingerprint density at radius 3 is 1.39 bits per heavy atom. The molecule has 1 aliphatic rings. The van der Waals surface area contributed by atoms with Crippen LogP contribution in [0.4, 0.5) is 11.4 Å². The van der Waals surface area contributed by atoms with E-state index in [9.17, 15) is 10.2 Å². The minimum Gasteiger partial charge on any atom is -0.506 e. The molecule has 2 aromatic carbocycles. The molecule has 0 bridgehead atoms. The maximum Gasteiger partial charge on any atom is 0.174 e. The molecule has 0 fully saturated rings. The fourth-order valence-electron chi connectivity index (χ4n) is 1.69. The second kappa shape index (κ2) is 3.36. The molecule has 0 spiro atoms. The third-order valence-electron chi connectivity index (χ3n) is 2.63. The Balaban J connectivity index is 2.12. The van der Waals surface area contributed by atoms with Gasteiger partial charge in [-0.15, -0.1) is 0 Å². The van der Waals surface area contributed by atoms with Crippen LogP contribution in [0.25, 0.3) is 0 Å². The molecule has 0 aliphatic carbocycles. The van der Waals surface area contributed by atoms with E-state index in [-0.39, 0.29) is 22.9 Å². The van der Waals surface area contributed by atoms with Crippen LogP contribution < -0.4 is 20.9 Å². The first-order valence-electron chi connectivity index (χ1n) is 5.15. The summed E-state index contributed by atoms with van der Waals surface area (Å²) in [6.45, 7) is 0. The van der Waals surface area contributed by atoms with Crippen LogP contribution in [-0.2, 0) is 0 Å². The van der Waals surface area contributed by atoms with Gasteiger partial charge in [0.25, 0.3) is 0 Å².